The summed E-state index contributed by atoms with van der Waals surface area (Å²) in [5.74, 6) is 0.415. The van der Waals surface area contributed by atoms with Crippen LogP contribution in [0.25, 0.3) is 0 Å². The van der Waals surface area contributed by atoms with Crippen molar-refractivity contribution in [2.75, 3.05) is 44.7 Å². The quantitative estimate of drug-likeness (QED) is 0.308. The highest BCUT2D eigenvalue weighted by Crippen LogP contribution is 2.20. The van der Waals surface area contributed by atoms with Crippen LogP contribution in [0.3, 0.4) is 0 Å². The summed E-state index contributed by atoms with van der Waals surface area (Å²) in [7, 11) is 1.69. The number of hydrogen-bond donors (Lipinski definition) is 2. The number of nitrogens with one attached hydrogen (secondary N) is 2. The number of likely N-dealkylation sites (tertiary alicyclic amines) is 1. The standard InChI is InChI=1S/C20H32F3N5.HI/c1-4-28(5-2)18-7-6-15(12-17(18)21)13-25-20(24-3)26-16-8-10-27(11-9-16)14-19(22)23;/h6-7,12,16,19H,4-5,8-11,13-14H2,1-3H3,(H2,24,25,26);1H. The molecule has 29 heavy (non-hydrogen) atoms. The number of rotatable bonds is 8. The second-order valence-corrected chi connectivity index (χ2v) is 6.99. The summed E-state index contributed by atoms with van der Waals surface area (Å²) in [6.07, 6.45) is -0.700. The average molecular weight is 527 g/mol. The number of alkyl halides is 2. The monoisotopic (exact) mass is 527 g/mol. The molecule has 1 aliphatic heterocycles. The fourth-order valence-corrected chi connectivity index (χ4v) is 3.51. The summed E-state index contributed by atoms with van der Waals surface area (Å²) < 4.78 is 39.3. The Morgan fingerprint density at radius 1 is 1.24 bits per heavy atom. The Kier molecular flexibility index (Phi) is 11.7. The Hall–Kier alpha value is -1.23. The van der Waals surface area contributed by atoms with E-state index >= 15 is 0 Å². The van der Waals surface area contributed by atoms with Crippen LogP contribution >= 0.6 is 24.0 Å². The molecule has 1 fully saturated rings. The van der Waals surface area contributed by atoms with Crippen LogP contribution in [0.5, 0.6) is 0 Å². The number of nitrogens with zero attached hydrogens (tertiary/aromatic N) is 3. The molecule has 0 saturated carbocycles. The fourth-order valence-electron chi connectivity index (χ4n) is 3.51. The summed E-state index contributed by atoms with van der Waals surface area (Å²) in [4.78, 5) is 7.99. The third-order valence-corrected chi connectivity index (χ3v) is 5.12. The van der Waals surface area contributed by atoms with E-state index in [9.17, 15) is 13.2 Å². The molecule has 0 aliphatic carbocycles. The molecule has 1 heterocycles. The van der Waals surface area contributed by atoms with Gasteiger partial charge in [0.15, 0.2) is 5.96 Å². The van der Waals surface area contributed by atoms with Crippen LogP contribution in [0.1, 0.15) is 32.3 Å². The van der Waals surface area contributed by atoms with E-state index in [0.29, 0.717) is 31.3 Å². The lowest BCUT2D eigenvalue weighted by molar-refractivity contribution is 0.0744. The maximum absolute atomic E-state index is 14.4. The number of hydrogen-bond acceptors (Lipinski definition) is 3. The zero-order valence-corrected chi connectivity index (χ0v) is 19.8. The van der Waals surface area contributed by atoms with Gasteiger partial charge < -0.3 is 15.5 Å². The third-order valence-electron chi connectivity index (χ3n) is 5.12. The Balaban J connectivity index is 0.00000420. The number of guanidine groups is 1. The van der Waals surface area contributed by atoms with Gasteiger partial charge in [0.2, 0.25) is 0 Å². The van der Waals surface area contributed by atoms with E-state index in [2.05, 4.69) is 15.6 Å². The Bertz CT molecular complexity index is 633. The van der Waals surface area contributed by atoms with E-state index in [1.165, 1.54) is 0 Å². The molecule has 9 heteroatoms. The zero-order chi connectivity index (χ0) is 20.5. The van der Waals surface area contributed by atoms with Crippen LogP contribution in [0.4, 0.5) is 18.9 Å². The molecule has 5 nitrogen and oxygen atoms in total. The molecule has 1 saturated heterocycles. The van der Waals surface area contributed by atoms with Crippen molar-refractivity contribution in [2.45, 2.75) is 45.7 Å². The van der Waals surface area contributed by atoms with Gasteiger partial charge in [-0.05, 0) is 44.4 Å². The predicted molar refractivity (Wildman–Crippen MR) is 124 cm³/mol. The second-order valence-electron chi connectivity index (χ2n) is 6.99. The van der Waals surface area contributed by atoms with Gasteiger partial charge in [-0.15, -0.1) is 24.0 Å². The summed E-state index contributed by atoms with van der Waals surface area (Å²) in [5, 5.41) is 6.54. The van der Waals surface area contributed by atoms with E-state index in [1.54, 1.807) is 18.0 Å². The minimum Gasteiger partial charge on any atom is -0.370 e. The van der Waals surface area contributed by atoms with Gasteiger partial charge in [0, 0.05) is 45.8 Å². The number of anilines is 1. The first kappa shape index (κ1) is 25.8. The minimum absolute atomic E-state index is 0. The van der Waals surface area contributed by atoms with Crippen molar-refractivity contribution < 1.29 is 13.2 Å². The van der Waals surface area contributed by atoms with Crippen molar-refractivity contribution in [2.24, 2.45) is 4.99 Å². The molecule has 0 spiro atoms. The second kappa shape index (κ2) is 13.1. The molecule has 2 N–H and O–H groups in total. The van der Waals surface area contributed by atoms with Gasteiger partial charge in [-0.2, -0.15) is 0 Å². The Morgan fingerprint density at radius 3 is 2.41 bits per heavy atom. The molecule has 0 atom stereocenters. The van der Waals surface area contributed by atoms with E-state index in [1.807, 2.05) is 30.9 Å². The SMILES string of the molecule is CCN(CC)c1ccc(CNC(=NC)NC2CCN(CC(F)F)CC2)cc1F.I. The molecule has 1 aromatic rings. The number of halogens is 4. The third kappa shape index (κ3) is 8.19. The van der Waals surface area contributed by atoms with Gasteiger partial charge in [-0.25, -0.2) is 13.2 Å². The van der Waals surface area contributed by atoms with Crippen LogP contribution in [-0.4, -0.2) is 63.1 Å². The minimum atomic E-state index is -2.28. The van der Waals surface area contributed by atoms with E-state index in [-0.39, 0.29) is 42.4 Å². The van der Waals surface area contributed by atoms with Gasteiger partial charge in [0.25, 0.3) is 6.43 Å². The molecule has 0 amide bonds. The van der Waals surface area contributed by atoms with Gasteiger partial charge in [-0.1, -0.05) is 6.07 Å². The highest BCUT2D eigenvalue weighted by Gasteiger charge is 2.22. The molecule has 2 rings (SSSR count). The Morgan fingerprint density at radius 2 is 1.90 bits per heavy atom. The highest BCUT2D eigenvalue weighted by molar-refractivity contribution is 14.0. The first-order valence-electron chi connectivity index (χ1n) is 9.97. The van der Waals surface area contributed by atoms with E-state index in [0.717, 1.165) is 31.5 Å². The molecule has 0 bridgehead atoms. The molecule has 166 valence electrons. The topological polar surface area (TPSA) is 42.9 Å². The normalized spacial score (nSPS) is 15.9. The summed E-state index contributed by atoms with van der Waals surface area (Å²) >= 11 is 0. The van der Waals surface area contributed by atoms with Crippen molar-refractivity contribution in [3.05, 3.63) is 29.6 Å². The summed E-state index contributed by atoms with van der Waals surface area (Å²) in [5.41, 5.74) is 1.45. The lowest BCUT2D eigenvalue weighted by atomic mass is 10.1. The lowest BCUT2D eigenvalue weighted by Gasteiger charge is -2.32. The average Bonchev–Trinajstić information content (AvgIpc) is 2.68. The van der Waals surface area contributed by atoms with Crippen LogP contribution in [-0.2, 0) is 6.54 Å². The molecular weight excluding hydrogens is 494 g/mol. The van der Waals surface area contributed by atoms with Crippen LogP contribution < -0.4 is 15.5 Å². The predicted octanol–water partition coefficient (Wildman–Crippen LogP) is 3.68. The van der Waals surface area contributed by atoms with Gasteiger partial charge in [0.1, 0.15) is 5.82 Å². The first-order valence-corrected chi connectivity index (χ1v) is 9.97. The van der Waals surface area contributed by atoms with Crippen LogP contribution in [0, 0.1) is 5.82 Å². The van der Waals surface area contributed by atoms with Crippen molar-refractivity contribution in [1.29, 1.82) is 0 Å². The van der Waals surface area contributed by atoms with Gasteiger partial charge >= 0.3 is 0 Å². The largest absolute Gasteiger partial charge is 0.370 e. The smallest absolute Gasteiger partial charge is 0.251 e. The fraction of sp³-hybridized carbons (Fsp3) is 0.650. The maximum atomic E-state index is 14.4. The van der Waals surface area contributed by atoms with Gasteiger partial charge in [0.05, 0.1) is 12.2 Å². The highest BCUT2D eigenvalue weighted by atomic mass is 127. The summed E-state index contributed by atoms with van der Waals surface area (Å²) in [6, 6.07) is 5.48. The van der Waals surface area contributed by atoms with Crippen LogP contribution in [0.2, 0.25) is 0 Å². The molecule has 0 aromatic heterocycles. The Labute approximate surface area is 189 Å². The molecule has 1 aliphatic rings. The summed E-state index contributed by atoms with van der Waals surface area (Å²) in [6.45, 7) is 7.13. The van der Waals surface area contributed by atoms with Crippen molar-refractivity contribution in [3.63, 3.8) is 0 Å². The van der Waals surface area contributed by atoms with E-state index in [4.69, 9.17) is 0 Å². The molecule has 0 radical (unpaired) electrons. The first-order chi connectivity index (χ1) is 13.5. The maximum Gasteiger partial charge on any atom is 0.251 e. The number of benzene rings is 1. The van der Waals surface area contributed by atoms with Gasteiger partial charge in [-0.3, -0.25) is 9.89 Å². The number of piperidine rings is 1. The van der Waals surface area contributed by atoms with Crippen LogP contribution in [0.15, 0.2) is 23.2 Å². The lowest BCUT2D eigenvalue weighted by Crippen LogP contribution is -2.49. The van der Waals surface area contributed by atoms with E-state index < -0.39 is 6.43 Å². The van der Waals surface area contributed by atoms with Crippen molar-refractivity contribution >= 4 is 35.6 Å². The van der Waals surface area contributed by atoms with Crippen molar-refractivity contribution in [3.8, 4) is 0 Å². The number of aliphatic imine (C=N–C) groups is 1. The molecule has 1 aromatic carbocycles. The molecule has 0 unspecified atom stereocenters. The molecular formula is C20H33F3IN5. The van der Waals surface area contributed by atoms with Crippen molar-refractivity contribution in [1.82, 2.24) is 15.5 Å². The zero-order valence-electron chi connectivity index (χ0n) is 17.4.